The van der Waals surface area contributed by atoms with Crippen LogP contribution in [0.25, 0.3) is 11.1 Å². The first kappa shape index (κ1) is 21.7. The number of hydrogen-bond donors (Lipinski definition) is 0. The van der Waals surface area contributed by atoms with Crippen LogP contribution in [-0.2, 0) is 6.42 Å². The molecule has 0 saturated carbocycles. The van der Waals surface area contributed by atoms with Gasteiger partial charge in [-0.1, -0.05) is 139 Å². The van der Waals surface area contributed by atoms with E-state index in [-0.39, 0.29) is 0 Å². The molecule has 2 aromatic rings. The van der Waals surface area contributed by atoms with E-state index in [1.807, 2.05) is 0 Å². The normalized spacial score (nSPS) is 11.0. The van der Waals surface area contributed by atoms with Gasteiger partial charge in [0.15, 0.2) is 0 Å². The van der Waals surface area contributed by atoms with Gasteiger partial charge in [0.05, 0.1) is 0 Å². The number of benzene rings is 2. The number of unbranched alkanes of at least 4 members (excludes halogenated alkanes) is 12. The van der Waals surface area contributed by atoms with E-state index in [4.69, 9.17) is 0 Å². The zero-order valence-corrected chi connectivity index (χ0v) is 17.6. The lowest BCUT2D eigenvalue weighted by molar-refractivity contribution is 0.539. The second-order valence-electron chi connectivity index (χ2n) is 8.06. The topological polar surface area (TPSA) is 0 Å². The van der Waals surface area contributed by atoms with E-state index in [9.17, 15) is 0 Å². The molecule has 148 valence electrons. The third-order valence-electron chi connectivity index (χ3n) is 5.60. The fraction of sp³-hybridized carbons (Fsp3) is 0.556. The SMILES string of the molecule is CCCCCCCCCCCCCCCc1cccc(-c2ccccc2)c1. The molecule has 0 spiro atoms. The fourth-order valence-corrected chi connectivity index (χ4v) is 3.88. The Hall–Kier alpha value is -1.56. The first-order valence-corrected chi connectivity index (χ1v) is 11.5. The Bertz CT molecular complexity index is 584. The van der Waals surface area contributed by atoms with Crippen LogP contribution < -0.4 is 0 Å². The van der Waals surface area contributed by atoms with E-state index in [0.717, 1.165) is 0 Å². The van der Waals surface area contributed by atoms with Crippen molar-refractivity contribution < 1.29 is 0 Å². The molecule has 0 nitrogen and oxygen atoms in total. The van der Waals surface area contributed by atoms with Gasteiger partial charge in [-0.05, 0) is 29.5 Å². The van der Waals surface area contributed by atoms with Crippen molar-refractivity contribution in [3.05, 3.63) is 60.2 Å². The van der Waals surface area contributed by atoms with Crippen molar-refractivity contribution in [2.24, 2.45) is 0 Å². The van der Waals surface area contributed by atoms with E-state index in [1.165, 1.54) is 107 Å². The summed E-state index contributed by atoms with van der Waals surface area (Å²) >= 11 is 0. The molecule has 0 heteroatoms. The van der Waals surface area contributed by atoms with E-state index in [0.29, 0.717) is 0 Å². The predicted molar refractivity (Wildman–Crippen MR) is 121 cm³/mol. The molecule has 0 unspecified atom stereocenters. The first-order valence-electron chi connectivity index (χ1n) is 11.5. The maximum Gasteiger partial charge on any atom is -0.0181 e. The van der Waals surface area contributed by atoms with Crippen molar-refractivity contribution in [1.29, 1.82) is 0 Å². The summed E-state index contributed by atoms with van der Waals surface area (Å²) in [7, 11) is 0. The molecule has 0 aliphatic heterocycles. The molecule has 0 amide bonds. The lowest BCUT2D eigenvalue weighted by Gasteiger charge is -2.06. The van der Waals surface area contributed by atoms with Gasteiger partial charge in [0.2, 0.25) is 0 Å². The molecule has 0 aliphatic rings. The molecule has 27 heavy (non-hydrogen) atoms. The summed E-state index contributed by atoms with van der Waals surface area (Å²) in [6.45, 7) is 2.29. The van der Waals surface area contributed by atoms with Crippen molar-refractivity contribution in [2.45, 2.75) is 96.8 Å². The highest BCUT2D eigenvalue weighted by Crippen LogP contribution is 2.21. The van der Waals surface area contributed by atoms with Gasteiger partial charge in [-0.15, -0.1) is 0 Å². The maximum atomic E-state index is 2.37. The summed E-state index contributed by atoms with van der Waals surface area (Å²) in [5.41, 5.74) is 4.16. The summed E-state index contributed by atoms with van der Waals surface area (Å²) in [6.07, 6.45) is 19.7. The molecular weight excluding hydrogens is 324 g/mol. The van der Waals surface area contributed by atoms with Crippen LogP contribution in [0.5, 0.6) is 0 Å². The lowest BCUT2D eigenvalue weighted by Crippen LogP contribution is -1.88. The molecule has 2 rings (SSSR count). The Morgan fingerprint density at radius 1 is 0.481 bits per heavy atom. The molecule has 0 heterocycles. The van der Waals surface area contributed by atoms with Gasteiger partial charge in [0, 0.05) is 0 Å². The molecule has 0 aliphatic carbocycles. The molecule has 0 N–H and O–H groups in total. The summed E-state index contributed by atoms with van der Waals surface area (Å²) in [5, 5.41) is 0. The van der Waals surface area contributed by atoms with Crippen molar-refractivity contribution >= 4 is 0 Å². The smallest absolute Gasteiger partial charge is 0.0181 e. The van der Waals surface area contributed by atoms with E-state index in [2.05, 4.69) is 61.5 Å². The van der Waals surface area contributed by atoms with Crippen molar-refractivity contribution in [2.75, 3.05) is 0 Å². The highest BCUT2D eigenvalue weighted by Gasteiger charge is 1.99. The van der Waals surface area contributed by atoms with Crippen molar-refractivity contribution in [1.82, 2.24) is 0 Å². The van der Waals surface area contributed by atoms with E-state index >= 15 is 0 Å². The summed E-state index contributed by atoms with van der Waals surface area (Å²) in [5.74, 6) is 0. The predicted octanol–water partition coefficient (Wildman–Crippen LogP) is 8.99. The van der Waals surface area contributed by atoms with Crippen LogP contribution in [0.1, 0.15) is 96.0 Å². The largest absolute Gasteiger partial charge is 0.0654 e. The number of rotatable bonds is 15. The van der Waals surface area contributed by atoms with Crippen molar-refractivity contribution in [3.8, 4) is 11.1 Å². The van der Waals surface area contributed by atoms with Crippen LogP contribution in [0.2, 0.25) is 0 Å². The standard InChI is InChI=1S/C27H40/c1-2-3-4-5-6-7-8-9-10-11-12-13-15-19-25-20-18-23-27(24-25)26-21-16-14-17-22-26/h14,16-18,20-24H,2-13,15,19H2,1H3. The molecule has 0 fully saturated rings. The average Bonchev–Trinajstić information content (AvgIpc) is 2.72. The summed E-state index contributed by atoms with van der Waals surface area (Å²) in [6, 6.07) is 19.8. The Labute approximate surface area is 168 Å². The summed E-state index contributed by atoms with van der Waals surface area (Å²) in [4.78, 5) is 0. The third-order valence-corrected chi connectivity index (χ3v) is 5.60. The zero-order valence-electron chi connectivity index (χ0n) is 17.6. The van der Waals surface area contributed by atoms with Crippen LogP contribution in [0.15, 0.2) is 54.6 Å². The third kappa shape index (κ3) is 9.80. The maximum absolute atomic E-state index is 2.37. The van der Waals surface area contributed by atoms with Gasteiger partial charge in [-0.25, -0.2) is 0 Å². The van der Waals surface area contributed by atoms with Crippen LogP contribution in [0.3, 0.4) is 0 Å². The molecule has 0 bridgehead atoms. The first-order chi connectivity index (χ1) is 13.4. The Morgan fingerprint density at radius 2 is 1.00 bits per heavy atom. The Balaban J connectivity index is 1.48. The van der Waals surface area contributed by atoms with E-state index in [1.54, 1.807) is 0 Å². The van der Waals surface area contributed by atoms with Gasteiger partial charge in [-0.3, -0.25) is 0 Å². The second kappa shape index (κ2) is 14.5. The number of hydrogen-bond acceptors (Lipinski definition) is 0. The summed E-state index contributed by atoms with van der Waals surface area (Å²) < 4.78 is 0. The van der Waals surface area contributed by atoms with Crippen LogP contribution in [-0.4, -0.2) is 0 Å². The molecule has 0 radical (unpaired) electrons. The van der Waals surface area contributed by atoms with Gasteiger partial charge in [0.1, 0.15) is 0 Å². The molecule has 0 saturated heterocycles. The fourth-order valence-electron chi connectivity index (χ4n) is 3.88. The lowest BCUT2D eigenvalue weighted by atomic mass is 9.99. The minimum absolute atomic E-state index is 1.22. The van der Waals surface area contributed by atoms with Gasteiger partial charge < -0.3 is 0 Å². The molecule has 2 aromatic carbocycles. The number of aryl methyl sites for hydroxylation is 1. The highest BCUT2D eigenvalue weighted by molar-refractivity contribution is 5.63. The van der Waals surface area contributed by atoms with Gasteiger partial charge in [0.25, 0.3) is 0 Å². The van der Waals surface area contributed by atoms with Crippen LogP contribution >= 0.6 is 0 Å². The quantitative estimate of drug-likeness (QED) is 0.276. The average molecular weight is 365 g/mol. The van der Waals surface area contributed by atoms with Crippen LogP contribution in [0.4, 0.5) is 0 Å². The zero-order chi connectivity index (χ0) is 19.0. The monoisotopic (exact) mass is 364 g/mol. The van der Waals surface area contributed by atoms with Gasteiger partial charge in [-0.2, -0.15) is 0 Å². The highest BCUT2D eigenvalue weighted by atomic mass is 14.0. The minimum atomic E-state index is 1.22. The molecular formula is C27H40. The Morgan fingerprint density at radius 3 is 1.59 bits per heavy atom. The minimum Gasteiger partial charge on any atom is -0.0654 e. The molecule has 0 aromatic heterocycles. The molecule has 0 atom stereocenters. The van der Waals surface area contributed by atoms with Crippen molar-refractivity contribution in [3.63, 3.8) is 0 Å². The van der Waals surface area contributed by atoms with E-state index < -0.39 is 0 Å². The van der Waals surface area contributed by atoms with Crippen LogP contribution in [0, 0.1) is 0 Å². The Kier molecular flexibility index (Phi) is 11.7. The second-order valence-corrected chi connectivity index (χ2v) is 8.06. The van der Waals surface area contributed by atoms with Gasteiger partial charge >= 0.3 is 0 Å².